The van der Waals surface area contributed by atoms with E-state index in [4.69, 9.17) is 9.16 Å². The van der Waals surface area contributed by atoms with Crippen molar-refractivity contribution in [2.75, 3.05) is 13.2 Å². The number of carbonyl (C=O) groups is 1. The monoisotopic (exact) mass is 294 g/mol. The Bertz CT molecular complexity index is 436. The molecule has 0 aliphatic heterocycles. The van der Waals surface area contributed by atoms with E-state index in [-0.39, 0.29) is 5.04 Å². The minimum Gasteiger partial charge on any atom is -0.414 e. The minimum absolute atomic E-state index is 0.227. The number of hydrogen-bond donors (Lipinski definition) is 0. The lowest BCUT2D eigenvalue weighted by atomic mass is 10.1. The van der Waals surface area contributed by atoms with Crippen molar-refractivity contribution in [2.45, 2.75) is 45.5 Å². The maximum absolute atomic E-state index is 10.7. The molecule has 0 N–H and O–H groups in total. The van der Waals surface area contributed by atoms with Crippen LogP contribution < -0.4 is 0 Å². The van der Waals surface area contributed by atoms with E-state index in [1.165, 1.54) is 0 Å². The summed E-state index contributed by atoms with van der Waals surface area (Å²) in [4.78, 5) is 10.7. The van der Waals surface area contributed by atoms with Gasteiger partial charge in [0.2, 0.25) is 0 Å². The van der Waals surface area contributed by atoms with E-state index < -0.39 is 8.32 Å². The minimum atomic E-state index is -1.68. The van der Waals surface area contributed by atoms with Gasteiger partial charge in [0.25, 0.3) is 0 Å². The maximum Gasteiger partial charge on any atom is 0.192 e. The van der Waals surface area contributed by atoms with Crippen LogP contribution in [-0.2, 0) is 15.8 Å². The van der Waals surface area contributed by atoms with Crippen LogP contribution in [0.15, 0.2) is 24.3 Å². The highest BCUT2D eigenvalue weighted by atomic mass is 28.4. The van der Waals surface area contributed by atoms with Crippen LogP contribution in [0.4, 0.5) is 0 Å². The zero-order chi connectivity index (χ0) is 15.2. The van der Waals surface area contributed by atoms with E-state index in [0.29, 0.717) is 25.4 Å². The number of carbonyl (C=O) groups excluding carboxylic acids is 1. The largest absolute Gasteiger partial charge is 0.414 e. The molecule has 0 saturated carbocycles. The Balaban J connectivity index is 2.30. The fourth-order valence-corrected chi connectivity index (χ4v) is 2.55. The highest BCUT2D eigenvalue weighted by Crippen LogP contribution is 2.36. The zero-order valence-corrected chi connectivity index (χ0v) is 14.2. The second kappa shape index (κ2) is 7.15. The second-order valence-corrected chi connectivity index (χ2v) is 11.3. The van der Waals surface area contributed by atoms with Crippen molar-refractivity contribution in [3.63, 3.8) is 0 Å². The Kier molecular flexibility index (Phi) is 6.11. The summed E-state index contributed by atoms with van der Waals surface area (Å²) in [5.41, 5.74) is 1.70. The molecule has 0 spiro atoms. The first-order chi connectivity index (χ1) is 9.26. The molecule has 112 valence electrons. The molecule has 1 aromatic carbocycles. The molecule has 1 aromatic rings. The average Bonchev–Trinajstić information content (AvgIpc) is 2.37. The average molecular weight is 294 g/mol. The van der Waals surface area contributed by atoms with Crippen molar-refractivity contribution in [1.29, 1.82) is 0 Å². The lowest BCUT2D eigenvalue weighted by Crippen LogP contribution is -2.41. The summed E-state index contributed by atoms with van der Waals surface area (Å²) in [6.07, 6.45) is 0.851. The summed E-state index contributed by atoms with van der Waals surface area (Å²) in [6, 6.07) is 7.47. The first-order valence-corrected chi connectivity index (χ1v) is 9.93. The van der Waals surface area contributed by atoms with Crippen LogP contribution in [-0.4, -0.2) is 27.8 Å². The van der Waals surface area contributed by atoms with Gasteiger partial charge in [-0.2, -0.15) is 0 Å². The van der Waals surface area contributed by atoms with Crippen LogP contribution in [0.1, 0.15) is 36.7 Å². The van der Waals surface area contributed by atoms with Gasteiger partial charge in [0.15, 0.2) is 8.32 Å². The van der Waals surface area contributed by atoms with Crippen LogP contribution in [0, 0.1) is 0 Å². The Morgan fingerprint density at radius 1 is 1.20 bits per heavy atom. The van der Waals surface area contributed by atoms with Gasteiger partial charge in [-0.1, -0.05) is 39.0 Å². The smallest absolute Gasteiger partial charge is 0.192 e. The van der Waals surface area contributed by atoms with Gasteiger partial charge in [-0.15, -0.1) is 0 Å². The fraction of sp³-hybridized carbons (Fsp3) is 0.562. The first kappa shape index (κ1) is 17.1. The number of ether oxygens (including phenoxy) is 1. The number of benzene rings is 1. The molecule has 0 radical (unpaired) electrons. The molecule has 1 rings (SSSR count). The van der Waals surface area contributed by atoms with Crippen LogP contribution in [0.5, 0.6) is 0 Å². The van der Waals surface area contributed by atoms with Crippen LogP contribution >= 0.6 is 0 Å². The first-order valence-electron chi connectivity index (χ1n) is 7.02. The van der Waals surface area contributed by atoms with Gasteiger partial charge in [0.05, 0.1) is 19.8 Å². The van der Waals surface area contributed by atoms with Gasteiger partial charge >= 0.3 is 0 Å². The Morgan fingerprint density at radius 2 is 1.90 bits per heavy atom. The van der Waals surface area contributed by atoms with Gasteiger partial charge in [-0.05, 0) is 29.8 Å². The quantitative estimate of drug-likeness (QED) is 0.432. The molecule has 4 heteroatoms. The molecule has 0 amide bonds. The molecule has 0 bridgehead atoms. The van der Waals surface area contributed by atoms with Crippen molar-refractivity contribution < 1.29 is 14.0 Å². The lowest BCUT2D eigenvalue weighted by Gasteiger charge is -2.36. The van der Waals surface area contributed by atoms with Gasteiger partial charge < -0.3 is 9.16 Å². The van der Waals surface area contributed by atoms with Crippen LogP contribution in [0.25, 0.3) is 0 Å². The molecular formula is C16H26O3Si. The van der Waals surface area contributed by atoms with Crippen molar-refractivity contribution in [2.24, 2.45) is 0 Å². The molecule has 20 heavy (non-hydrogen) atoms. The Morgan fingerprint density at radius 3 is 2.50 bits per heavy atom. The van der Waals surface area contributed by atoms with E-state index in [1.807, 2.05) is 18.2 Å². The van der Waals surface area contributed by atoms with Gasteiger partial charge in [0.1, 0.15) is 6.29 Å². The molecule has 0 heterocycles. The summed E-state index contributed by atoms with van der Waals surface area (Å²) < 4.78 is 11.6. The van der Waals surface area contributed by atoms with Gasteiger partial charge in [-0.25, -0.2) is 0 Å². The molecule has 0 aliphatic carbocycles. The summed E-state index contributed by atoms with van der Waals surface area (Å²) in [6.45, 7) is 12.9. The number of aldehydes is 1. The van der Waals surface area contributed by atoms with E-state index in [9.17, 15) is 4.79 Å². The molecule has 0 atom stereocenters. The third-order valence-corrected chi connectivity index (χ3v) is 8.39. The molecule has 0 aliphatic rings. The maximum atomic E-state index is 10.7. The predicted molar refractivity (Wildman–Crippen MR) is 84.6 cm³/mol. The molecule has 3 nitrogen and oxygen atoms in total. The van der Waals surface area contributed by atoms with E-state index in [0.717, 1.165) is 11.8 Å². The van der Waals surface area contributed by atoms with E-state index in [1.54, 1.807) is 6.07 Å². The van der Waals surface area contributed by atoms with Gasteiger partial charge in [-0.3, -0.25) is 4.79 Å². The summed E-state index contributed by atoms with van der Waals surface area (Å²) in [7, 11) is -1.68. The van der Waals surface area contributed by atoms with Gasteiger partial charge in [0, 0.05) is 5.56 Å². The number of hydrogen-bond acceptors (Lipinski definition) is 3. The third kappa shape index (κ3) is 5.19. The Hall–Kier alpha value is -0.973. The number of rotatable bonds is 7. The molecule has 0 fully saturated rings. The standard InChI is InChI=1S/C16H26O3Si/c1-16(2,3)20(4,5)19-10-9-18-13-15-8-6-7-14(11-15)12-17/h6-8,11-12H,9-10,13H2,1-5H3. The molecule has 0 unspecified atom stereocenters. The van der Waals surface area contributed by atoms with Crippen molar-refractivity contribution in [1.82, 2.24) is 0 Å². The molecule has 0 aromatic heterocycles. The summed E-state index contributed by atoms with van der Waals surface area (Å²) in [5.74, 6) is 0. The van der Waals surface area contributed by atoms with Crippen molar-refractivity contribution >= 4 is 14.6 Å². The van der Waals surface area contributed by atoms with Crippen molar-refractivity contribution in [3.05, 3.63) is 35.4 Å². The zero-order valence-electron chi connectivity index (χ0n) is 13.2. The summed E-state index contributed by atoms with van der Waals surface area (Å²) in [5, 5.41) is 0.227. The van der Waals surface area contributed by atoms with E-state index >= 15 is 0 Å². The SMILES string of the molecule is CC(C)(C)[Si](C)(C)OCCOCc1cccc(C=O)c1. The molecule has 0 saturated heterocycles. The van der Waals surface area contributed by atoms with Crippen LogP contribution in [0.3, 0.4) is 0 Å². The Labute approximate surface area is 123 Å². The van der Waals surface area contributed by atoms with E-state index in [2.05, 4.69) is 33.9 Å². The fourth-order valence-electron chi connectivity index (χ4n) is 1.52. The van der Waals surface area contributed by atoms with Crippen molar-refractivity contribution in [3.8, 4) is 0 Å². The summed E-state index contributed by atoms with van der Waals surface area (Å²) >= 11 is 0. The third-order valence-electron chi connectivity index (χ3n) is 3.85. The highest BCUT2D eigenvalue weighted by molar-refractivity contribution is 6.74. The second-order valence-electron chi connectivity index (χ2n) is 6.52. The topological polar surface area (TPSA) is 35.5 Å². The lowest BCUT2D eigenvalue weighted by molar-refractivity contribution is 0.0845. The molecular weight excluding hydrogens is 268 g/mol. The van der Waals surface area contributed by atoms with Crippen LogP contribution in [0.2, 0.25) is 18.1 Å². The normalized spacial score (nSPS) is 12.4. The highest BCUT2D eigenvalue weighted by Gasteiger charge is 2.36. The predicted octanol–water partition coefficient (Wildman–Crippen LogP) is 4.04.